The highest BCUT2D eigenvalue weighted by atomic mass is 32.1. The van der Waals surface area contributed by atoms with Crippen LogP contribution in [0.4, 0.5) is 10.3 Å². The number of fused-ring (bicyclic) bond motifs is 1. The largest absolute Gasteiger partial charge is 0.454 e. The third kappa shape index (κ3) is 4.29. The molecule has 0 bridgehead atoms. The molecule has 1 aromatic carbocycles. The van der Waals surface area contributed by atoms with Crippen LogP contribution in [-0.2, 0) is 11.3 Å². The molecule has 0 radical (unpaired) electrons. The highest BCUT2D eigenvalue weighted by Gasteiger charge is 2.21. The van der Waals surface area contributed by atoms with Gasteiger partial charge in [0.1, 0.15) is 0 Å². The van der Waals surface area contributed by atoms with E-state index in [4.69, 9.17) is 14.6 Å². The number of anilines is 2. The Bertz CT molecular complexity index is 806. The molecule has 144 valence electrons. The lowest BCUT2D eigenvalue weighted by molar-refractivity contribution is -0.116. The Balaban J connectivity index is 1.29. The van der Waals surface area contributed by atoms with E-state index in [9.17, 15) is 4.79 Å². The zero-order valence-corrected chi connectivity index (χ0v) is 15.6. The molecule has 2 aliphatic rings. The molecule has 10 heteroatoms. The second-order valence-electron chi connectivity index (χ2n) is 6.36. The number of nitrogens with one attached hydrogen (secondary N) is 1. The highest BCUT2D eigenvalue weighted by Crippen LogP contribution is 2.33. The molecule has 27 heavy (non-hydrogen) atoms. The fraction of sp³-hybridized carbons (Fsp3) is 0.471. The van der Waals surface area contributed by atoms with Gasteiger partial charge in [0.15, 0.2) is 11.5 Å². The maximum atomic E-state index is 11.5. The Labute approximate surface area is 160 Å². The van der Waals surface area contributed by atoms with Gasteiger partial charge >= 0.3 is 0 Å². The van der Waals surface area contributed by atoms with Gasteiger partial charge in [-0.2, -0.15) is 0 Å². The SMILES string of the molecule is O=C(CCO)Nc1nnc(N2CCN(Cc3ccc4c(c3)OCO4)CC2)s1. The maximum Gasteiger partial charge on any atom is 0.231 e. The normalized spacial score (nSPS) is 16.6. The first-order chi connectivity index (χ1) is 13.2. The van der Waals surface area contributed by atoms with Crippen LogP contribution >= 0.6 is 11.3 Å². The van der Waals surface area contributed by atoms with Crippen molar-refractivity contribution in [1.82, 2.24) is 15.1 Å². The number of nitrogens with zero attached hydrogens (tertiary/aromatic N) is 4. The number of piperazine rings is 1. The van der Waals surface area contributed by atoms with Gasteiger partial charge in [0.2, 0.25) is 23.0 Å². The smallest absolute Gasteiger partial charge is 0.231 e. The predicted molar refractivity (Wildman–Crippen MR) is 100 cm³/mol. The Morgan fingerprint density at radius 3 is 2.81 bits per heavy atom. The van der Waals surface area contributed by atoms with Gasteiger partial charge in [0.05, 0.1) is 13.0 Å². The summed E-state index contributed by atoms with van der Waals surface area (Å²) in [5.74, 6) is 1.37. The average Bonchev–Trinajstić information content (AvgIpc) is 3.31. The van der Waals surface area contributed by atoms with Crippen LogP contribution in [0.2, 0.25) is 0 Å². The van der Waals surface area contributed by atoms with Crippen LogP contribution in [0.15, 0.2) is 18.2 Å². The maximum absolute atomic E-state index is 11.5. The molecule has 1 saturated heterocycles. The lowest BCUT2D eigenvalue weighted by Gasteiger charge is -2.34. The highest BCUT2D eigenvalue weighted by molar-refractivity contribution is 7.19. The predicted octanol–water partition coefficient (Wildman–Crippen LogP) is 0.910. The van der Waals surface area contributed by atoms with Crippen LogP contribution < -0.4 is 19.7 Å². The van der Waals surface area contributed by atoms with E-state index in [1.807, 2.05) is 12.1 Å². The second kappa shape index (κ2) is 8.07. The molecule has 2 aliphatic heterocycles. The Hall–Kier alpha value is -2.43. The summed E-state index contributed by atoms with van der Waals surface area (Å²) in [6.45, 7) is 4.52. The van der Waals surface area contributed by atoms with Crippen molar-refractivity contribution in [3.63, 3.8) is 0 Å². The van der Waals surface area contributed by atoms with Crippen molar-refractivity contribution in [2.24, 2.45) is 0 Å². The van der Waals surface area contributed by atoms with E-state index >= 15 is 0 Å². The van der Waals surface area contributed by atoms with Gasteiger partial charge in [-0.25, -0.2) is 0 Å². The molecule has 1 amide bonds. The minimum Gasteiger partial charge on any atom is -0.454 e. The number of hydrogen-bond donors (Lipinski definition) is 2. The lowest BCUT2D eigenvalue weighted by Crippen LogP contribution is -2.45. The first-order valence-electron chi connectivity index (χ1n) is 8.81. The molecule has 0 spiro atoms. The molecule has 2 N–H and O–H groups in total. The van der Waals surface area contributed by atoms with E-state index in [1.54, 1.807) is 0 Å². The summed E-state index contributed by atoms with van der Waals surface area (Å²) < 4.78 is 10.8. The van der Waals surface area contributed by atoms with E-state index in [0.717, 1.165) is 49.4 Å². The van der Waals surface area contributed by atoms with Crippen LogP contribution in [-0.4, -0.2) is 65.7 Å². The molecular formula is C17H21N5O4S. The third-order valence-corrected chi connectivity index (χ3v) is 5.39. The molecule has 1 fully saturated rings. The van der Waals surface area contributed by atoms with Crippen molar-refractivity contribution in [2.45, 2.75) is 13.0 Å². The lowest BCUT2D eigenvalue weighted by atomic mass is 10.1. The van der Waals surface area contributed by atoms with E-state index < -0.39 is 0 Å². The van der Waals surface area contributed by atoms with Crippen molar-refractivity contribution < 1.29 is 19.4 Å². The van der Waals surface area contributed by atoms with E-state index in [2.05, 4.69) is 31.4 Å². The molecule has 3 heterocycles. The summed E-state index contributed by atoms with van der Waals surface area (Å²) in [5, 5.41) is 20.9. The molecule has 4 rings (SSSR count). The van der Waals surface area contributed by atoms with Gasteiger partial charge in [-0.3, -0.25) is 9.69 Å². The molecular weight excluding hydrogens is 370 g/mol. The summed E-state index contributed by atoms with van der Waals surface area (Å²) >= 11 is 1.35. The van der Waals surface area contributed by atoms with E-state index in [-0.39, 0.29) is 18.9 Å². The van der Waals surface area contributed by atoms with Crippen molar-refractivity contribution in [3.8, 4) is 11.5 Å². The number of benzene rings is 1. The summed E-state index contributed by atoms with van der Waals surface area (Å²) in [6.07, 6.45) is 0.0629. The van der Waals surface area contributed by atoms with Gasteiger partial charge in [-0.05, 0) is 17.7 Å². The number of aromatic nitrogens is 2. The van der Waals surface area contributed by atoms with Crippen molar-refractivity contribution in [3.05, 3.63) is 23.8 Å². The zero-order chi connectivity index (χ0) is 18.6. The number of aliphatic hydroxyl groups excluding tert-OH is 1. The van der Waals surface area contributed by atoms with Gasteiger partial charge < -0.3 is 24.8 Å². The van der Waals surface area contributed by atoms with Crippen molar-refractivity contribution in [2.75, 3.05) is 49.8 Å². The summed E-state index contributed by atoms with van der Waals surface area (Å²) in [7, 11) is 0. The van der Waals surface area contributed by atoms with Gasteiger partial charge in [0, 0.05) is 32.7 Å². The first kappa shape index (κ1) is 18.0. The zero-order valence-electron chi connectivity index (χ0n) is 14.8. The number of ether oxygens (including phenoxy) is 2. The van der Waals surface area contributed by atoms with Gasteiger partial charge in [-0.1, -0.05) is 17.4 Å². The minimum absolute atomic E-state index is 0.0629. The number of carbonyl (C=O) groups is 1. The quantitative estimate of drug-likeness (QED) is 0.750. The number of aliphatic hydroxyl groups is 1. The third-order valence-electron chi connectivity index (χ3n) is 4.49. The van der Waals surface area contributed by atoms with E-state index in [0.29, 0.717) is 11.9 Å². The first-order valence-corrected chi connectivity index (χ1v) is 9.63. The number of amides is 1. The van der Waals surface area contributed by atoms with Crippen LogP contribution in [0, 0.1) is 0 Å². The fourth-order valence-corrected chi connectivity index (χ4v) is 3.88. The molecule has 0 atom stereocenters. The number of rotatable bonds is 6. The topological polar surface area (TPSA) is 100 Å². The molecule has 9 nitrogen and oxygen atoms in total. The van der Waals surface area contributed by atoms with Crippen LogP contribution in [0.1, 0.15) is 12.0 Å². The van der Waals surface area contributed by atoms with Crippen LogP contribution in [0.25, 0.3) is 0 Å². The summed E-state index contributed by atoms with van der Waals surface area (Å²) in [6, 6.07) is 6.08. The molecule has 0 unspecified atom stereocenters. The van der Waals surface area contributed by atoms with Gasteiger partial charge in [-0.15, -0.1) is 10.2 Å². The van der Waals surface area contributed by atoms with Gasteiger partial charge in [0.25, 0.3) is 0 Å². The molecule has 2 aromatic rings. The number of hydrogen-bond acceptors (Lipinski definition) is 9. The van der Waals surface area contributed by atoms with Crippen molar-refractivity contribution in [1.29, 1.82) is 0 Å². The molecule has 0 saturated carbocycles. The standard InChI is InChI=1S/C17H21N5O4S/c23-8-3-15(24)18-16-19-20-17(27-16)22-6-4-21(5-7-22)10-12-1-2-13-14(9-12)26-11-25-13/h1-2,9,23H,3-8,10-11H2,(H,18,19,24). The second-order valence-corrected chi connectivity index (χ2v) is 7.32. The molecule has 0 aliphatic carbocycles. The van der Waals surface area contributed by atoms with Crippen molar-refractivity contribution >= 4 is 27.5 Å². The summed E-state index contributed by atoms with van der Waals surface area (Å²) in [5.41, 5.74) is 1.21. The Morgan fingerprint density at radius 1 is 1.19 bits per heavy atom. The average molecular weight is 391 g/mol. The molecule has 1 aromatic heterocycles. The fourth-order valence-electron chi connectivity index (χ4n) is 3.07. The minimum atomic E-state index is -0.256. The Kier molecular flexibility index (Phi) is 5.37. The summed E-state index contributed by atoms with van der Waals surface area (Å²) in [4.78, 5) is 16.1. The Morgan fingerprint density at radius 2 is 2.00 bits per heavy atom. The van der Waals surface area contributed by atoms with Crippen LogP contribution in [0.5, 0.6) is 11.5 Å². The monoisotopic (exact) mass is 391 g/mol. The van der Waals surface area contributed by atoms with E-state index in [1.165, 1.54) is 16.9 Å². The number of carbonyl (C=O) groups excluding carboxylic acids is 1. The van der Waals surface area contributed by atoms with Crippen LogP contribution in [0.3, 0.4) is 0 Å².